The third-order valence-electron chi connectivity index (χ3n) is 3.49. The highest BCUT2D eigenvalue weighted by Gasteiger charge is 2.19. The molecule has 0 aromatic carbocycles. The molecule has 0 bridgehead atoms. The molecule has 3 N–H and O–H groups in total. The van der Waals surface area contributed by atoms with Gasteiger partial charge >= 0.3 is 5.97 Å². The summed E-state index contributed by atoms with van der Waals surface area (Å²) in [5.74, 6) is -0.722. The molecule has 23 heavy (non-hydrogen) atoms. The zero-order valence-electron chi connectivity index (χ0n) is 14.9. The zero-order valence-corrected chi connectivity index (χ0v) is 14.9. The zero-order chi connectivity index (χ0) is 17.5. The summed E-state index contributed by atoms with van der Waals surface area (Å²) >= 11 is 0. The van der Waals surface area contributed by atoms with Crippen LogP contribution in [-0.4, -0.2) is 30.5 Å². The highest BCUT2D eigenvalue weighted by atomic mass is 16.5. The van der Waals surface area contributed by atoms with Crippen molar-refractivity contribution in [3.63, 3.8) is 0 Å². The average Bonchev–Trinajstić information content (AvgIpc) is 2.48. The Labute approximate surface area is 140 Å². The van der Waals surface area contributed by atoms with Gasteiger partial charge in [-0.2, -0.15) is 0 Å². The number of rotatable bonds is 12. The molecule has 0 aliphatic heterocycles. The van der Waals surface area contributed by atoms with E-state index in [4.69, 9.17) is 10.5 Å². The normalized spacial score (nSPS) is 12.7. The number of hydrogen-bond acceptors (Lipinski definition) is 4. The average molecular weight is 327 g/mol. The molecule has 1 amide bonds. The summed E-state index contributed by atoms with van der Waals surface area (Å²) in [6, 6.07) is -0.637. The second-order valence-electron chi connectivity index (χ2n) is 5.73. The number of amides is 1. The van der Waals surface area contributed by atoms with Gasteiger partial charge in [0.25, 0.3) is 0 Å². The molecular weight excluding hydrogens is 294 g/mol. The Bertz CT molecular complexity index is 370. The molecule has 0 saturated heterocycles. The van der Waals surface area contributed by atoms with E-state index in [1.165, 1.54) is 45.4 Å². The molecule has 0 heterocycles. The van der Waals surface area contributed by atoms with Gasteiger partial charge in [0, 0.05) is 6.92 Å². The second kappa shape index (κ2) is 14.0. The lowest BCUT2D eigenvalue weighted by Crippen LogP contribution is -2.37. The van der Waals surface area contributed by atoms with E-state index in [9.17, 15) is 9.59 Å². The summed E-state index contributed by atoms with van der Waals surface area (Å²) in [5.41, 5.74) is 5.62. The van der Waals surface area contributed by atoms with Crippen molar-refractivity contribution in [2.75, 3.05) is 6.61 Å². The summed E-state index contributed by atoms with van der Waals surface area (Å²) in [6.07, 6.45) is 10.1. The molecule has 0 aliphatic carbocycles. The van der Waals surface area contributed by atoms with Gasteiger partial charge in [0.1, 0.15) is 0 Å². The SMILES string of the molecule is CCCCCCCCCCC(N=C(N)NC(C)=O)C(=O)OCC. The number of aliphatic imine (C=N–C) groups is 1. The van der Waals surface area contributed by atoms with E-state index in [0.29, 0.717) is 13.0 Å². The van der Waals surface area contributed by atoms with Gasteiger partial charge in [0.15, 0.2) is 12.0 Å². The molecule has 6 nitrogen and oxygen atoms in total. The maximum atomic E-state index is 11.9. The minimum Gasteiger partial charge on any atom is -0.464 e. The van der Waals surface area contributed by atoms with Crippen molar-refractivity contribution in [2.24, 2.45) is 10.7 Å². The quantitative estimate of drug-likeness (QED) is 0.249. The maximum Gasteiger partial charge on any atom is 0.330 e. The summed E-state index contributed by atoms with van der Waals surface area (Å²) in [7, 11) is 0. The number of unbranched alkanes of at least 4 members (excludes halogenated alkanes) is 7. The highest BCUT2D eigenvalue weighted by Crippen LogP contribution is 2.12. The molecular formula is C17H33N3O3. The van der Waals surface area contributed by atoms with Gasteiger partial charge in [-0.25, -0.2) is 9.79 Å². The number of guanidine groups is 1. The molecule has 1 atom stereocenters. The maximum absolute atomic E-state index is 11.9. The van der Waals surface area contributed by atoms with E-state index >= 15 is 0 Å². The standard InChI is InChI=1S/C17H33N3O3/c1-4-6-7-8-9-10-11-12-13-15(16(22)23-5-2)20-17(18)19-14(3)21/h15H,4-13H2,1-3H3,(H3,18,19,20,21). The van der Waals surface area contributed by atoms with Crippen LogP contribution in [0.15, 0.2) is 4.99 Å². The van der Waals surface area contributed by atoms with Crippen molar-refractivity contribution < 1.29 is 14.3 Å². The lowest BCUT2D eigenvalue weighted by Gasteiger charge is -2.12. The summed E-state index contributed by atoms with van der Waals surface area (Å²) < 4.78 is 5.02. The van der Waals surface area contributed by atoms with Gasteiger partial charge in [-0.3, -0.25) is 10.1 Å². The Balaban J connectivity index is 4.17. The molecule has 0 radical (unpaired) electrons. The van der Waals surface area contributed by atoms with Crippen molar-refractivity contribution in [1.82, 2.24) is 5.32 Å². The van der Waals surface area contributed by atoms with Crippen LogP contribution in [0, 0.1) is 0 Å². The molecule has 0 aromatic rings. The Morgan fingerprint density at radius 3 is 2.13 bits per heavy atom. The number of nitrogens with zero attached hydrogens (tertiary/aromatic N) is 1. The van der Waals surface area contributed by atoms with Crippen LogP contribution in [0.2, 0.25) is 0 Å². The van der Waals surface area contributed by atoms with Crippen molar-refractivity contribution in [3.05, 3.63) is 0 Å². The first-order chi connectivity index (χ1) is 11.0. The van der Waals surface area contributed by atoms with Crippen molar-refractivity contribution in [2.45, 2.75) is 84.6 Å². The third-order valence-corrected chi connectivity index (χ3v) is 3.49. The van der Waals surface area contributed by atoms with Crippen molar-refractivity contribution >= 4 is 17.8 Å². The lowest BCUT2D eigenvalue weighted by atomic mass is 10.0. The van der Waals surface area contributed by atoms with Crippen LogP contribution in [0.3, 0.4) is 0 Å². The van der Waals surface area contributed by atoms with E-state index in [1.54, 1.807) is 6.92 Å². The topological polar surface area (TPSA) is 93.8 Å². The summed E-state index contributed by atoms with van der Waals surface area (Å²) in [6.45, 7) is 5.62. The predicted octanol–water partition coefficient (Wildman–Crippen LogP) is 2.90. The Hall–Kier alpha value is -1.59. The minimum atomic E-state index is -0.637. The fraction of sp³-hybridized carbons (Fsp3) is 0.824. The first-order valence-corrected chi connectivity index (χ1v) is 8.78. The summed E-state index contributed by atoms with van der Waals surface area (Å²) in [4.78, 5) is 26.9. The Morgan fingerprint density at radius 2 is 1.61 bits per heavy atom. The number of nitrogens with one attached hydrogen (secondary N) is 1. The van der Waals surface area contributed by atoms with Gasteiger partial charge in [-0.15, -0.1) is 0 Å². The first kappa shape index (κ1) is 21.4. The molecule has 6 heteroatoms. The van der Waals surface area contributed by atoms with Crippen LogP contribution in [0.25, 0.3) is 0 Å². The largest absolute Gasteiger partial charge is 0.464 e. The first-order valence-electron chi connectivity index (χ1n) is 8.78. The molecule has 0 aromatic heterocycles. The second-order valence-corrected chi connectivity index (χ2v) is 5.73. The van der Waals surface area contributed by atoms with Crippen LogP contribution in [0.4, 0.5) is 0 Å². The monoisotopic (exact) mass is 327 g/mol. The third kappa shape index (κ3) is 12.6. The van der Waals surface area contributed by atoms with Crippen LogP contribution in [-0.2, 0) is 14.3 Å². The fourth-order valence-electron chi connectivity index (χ4n) is 2.33. The van der Waals surface area contributed by atoms with Crippen LogP contribution >= 0.6 is 0 Å². The van der Waals surface area contributed by atoms with Crippen molar-refractivity contribution in [3.8, 4) is 0 Å². The summed E-state index contributed by atoms with van der Waals surface area (Å²) in [5, 5.41) is 2.38. The van der Waals surface area contributed by atoms with Gasteiger partial charge in [0.2, 0.25) is 5.91 Å². The van der Waals surface area contributed by atoms with E-state index in [2.05, 4.69) is 17.2 Å². The van der Waals surface area contributed by atoms with Crippen LogP contribution in [0.1, 0.15) is 78.6 Å². The van der Waals surface area contributed by atoms with Gasteiger partial charge in [-0.1, -0.05) is 58.3 Å². The number of carbonyl (C=O) groups excluding carboxylic acids is 2. The van der Waals surface area contributed by atoms with E-state index in [1.807, 2.05) is 0 Å². The Morgan fingerprint density at radius 1 is 1.04 bits per heavy atom. The number of hydrogen-bond donors (Lipinski definition) is 2. The van der Waals surface area contributed by atoms with Crippen molar-refractivity contribution in [1.29, 1.82) is 0 Å². The van der Waals surface area contributed by atoms with E-state index < -0.39 is 6.04 Å². The van der Waals surface area contributed by atoms with Gasteiger partial charge in [-0.05, 0) is 13.3 Å². The number of nitrogens with two attached hydrogens (primary N) is 1. The van der Waals surface area contributed by atoms with E-state index in [-0.39, 0.29) is 17.8 Å². The van der Waals surface area contributed by atoms with Crippen LogP contribution in [0.5, 0.6) is 0 Å². The number of carbonyl (C=O) groups is 2. The molecule has 134 valence electrons. The minimum absolute atomic E-state index is 0.0323. The smallest absolute Gasteiger partial charge is 0.330 e. The van der Waals surface area contributed by atoms with Gasteiger partial charge < -0.3 is 10.5 Å². The fourth-order valence-corrected chi connectivity index (χ4v) is 2.33. The Kier molecular flexibility index (Phi) is 13.1. The molecule has 0 fully saturated rings. The molecule has 0 spiro atoms. The molecule has 0 rings (SSSR count). The molecule has 0 aliphatic rings. The number of ether oxygens (including phenoxy) is 1. The molecule has 0 saturated carbocycles. The van der Waals surface area contributed by atoms with E-state index in [0.717, 1.165) is 12.8 Å². The lowest BCUT2D eigenvalue weighted by molar-refractivity contribution is -0.144. The van der Waals surface area contributed by atoms with Gasteiger partial charge in [0.05, 0.1) is 6.61 Å². The number of esters is 1. The van der Waals surface area contributed by atoms with Crippen LogP contribution < -0.4 is 11.1 Å². The highest BCUT2D eigenvalue weighted by molar-refractivity contribution is 5.96. The molecule has 1 unspecified atom stereocenters. The predicted molar refractivity (Wildman–Crippen MR) is 93.1 cm³/mol.